The molecule has 0 radical (unpaired) electrons. The highest BCUT2D eigenvalue weighted by Gasteiger charge is 2.39. The van der Waals surface area contributed by atoms with Gasteiger partial charge in [0.15, 0.2) is 12.3 Å². The van der Waals surface area contributed by atoms with Crippen LogP contribution in [0, 0.1) is 12.8 Å². The summed E-state index contributed by atoms with van der Waals surface area (Å²) in [5, 5.41) is 2.82. The molecular weight excluding hydrogens is 492 g/mol. The number of carbonyl (C=O) groups excluding carboxylic acids is 2. The van der Waals surface area contributed by atoms with Crippen molar-refractivity contribution in [2.75, 3.05) is 6.54 Å². The average Bonchev–Trinajstić information content (AvgIpc) is 3.72. The normalized spacial score (nSPS) is 16.4. The molecule has 1 fully saturated rings. The number of oxazole rings is 1. The molecule has 39 heavy (non-hydrogen) atoms. The number of hydrogen-bond acceptors (Lipinski definition) is 6. The topological polar surface area (TPSA) is 97.6 Å². The summed E-state index contributed by atoms with van der Waals surface area (Å²) >= 11 is 0. The highest BCUT2D eigenvalue weighted by molar-refractivity contribution is 5.91. The van der Waals surface area contributed by atoms with Crippen LogP contribution in [0.3, 0.4) is 0 Å². The summed E-state index contributed by atoms with van der Waals surface area (Å²) in [4.78, 5) is 36.0. The molecule has 6 rings (SSSR count). The van der Waals surface area contributed by atoms with Crippen LogP contribution in [-0.4, -0.2) is 33.2 Å². The molecule has 0 spiro atoms. The van der Waals surface area contributed by atoms with Gasteiger partial charge in [0, 0.05) is 31.4 Å². The van der Waals surface area contributed by atoms with Gasteiger partial charge >= 0.3 is 0 Å². The Morgan fingerprint density at radius 1 is 1.08 bits per heavy atom. The van der Waals surface area contributed by atoms with E-state index in [1.807, 2.05) is 29.2 Å². The molecule has 1 N–H and O–H groups in total. The van der Waals surface area contributed by atoms with Crippen LogP contribution < -0.4 is 10.1 Å². The van der Waals surface area contributed by atoms with E-state index in [4.69, 9.17) is 9.15 Å². The second-order valence-electron chi connectivity index (χ2n) is 10.2. The molecule has 0 saturated heterocycles. The first-order valence-corrected chi connectivity index (χ1v) is 13.3. The molecule has 8 heteroatoms. The number of aryl methyl sites for hydroxylation is 1. The second kappa shape index (κ2) is 10.7. The fourth-order valence-corrected chi connectivity index (χ4v) is 4.99. The number of rotatable bonds is 8. The van der Waals surface area contributed by atoms with Gasteiger partial charge in [-0.25, -0.2) is 4.98 Å². The SMILES string of the molecule is Cc1ccc([C@H]2c3cc(OCc4nc(C(=O)NCc5ccncc5)co4)ccc3CCN2C(=O)C2CC2)cc1. The van der Waals surface area contributed by atoms with Crippen molar-refractivity contribution in [1.29, 1.82) is 0 Å². The molecule has 2 aromatic heterocycles. The minimum Gasteiger partial charge on any atom is -0.484 e. The smallest absolute Gasteiger partial charge is 0.273 e. The van der Waals surface area contributed by atoms with Crippen LogP contribution in [0.15, 0.2) is 77.7 Å². The lowest BCUT2D eigenvalue weighted by Crippen LogP contribution is -2.41. The number of benzene rings is 2. The Balaban J connectivity index is 1.17. The molecule has 2 aromatic carbocycles. The first-order valence-electron chi connectivity index (χ1n) is 13.3. The Bertz CT molecular complexity index is 1480. The zero-order chi connectivity index (χ0) is 26.8. The highest BCUT2D eigenvalue weighted by atomic mass is 16.5. The van der Waals surface area contributed by atoms with Crippen LogP contribution in [-0.2, 0) is 24.4 Å². The Morgan fingerprint density at radius 3 is 2.64 bits per heavy atom. The lowest BCUT2D eigenvalue weighted by atomic mass is 9.87. The van der Waals surface area contributed by atoms with Crippen molar-refractivity contribution in [2.45, 2.75) is 45.4 Å². The Kier molecular flexibility index (Phi) is 6.84. The molecular formula is C31H30N4O4. The predicted octanol–water partition coefficient (Wildman–Crippen LogP) is 4.77. The van der Waals surface area contributed by atoms with Crippen LogP contribution in [0.1, 0.15) is 63.1 Å². The van der Waals surface area contributed by atoms with Gasteiger partial charge in [0.1, 0.15) is 12.0 Å². The van der Waals surface area contributed by atoms with Crippen LogP contribution in [0.5, 0.6) is 5.75 Å². The molecule has 3 heterocycles. The van der Waals surface area contributed by atoms with Gasteiger partial charge in [-0.05, 0) is 72.7 Å². The van der Waals surface area contributed by atoms with E-state index in [0.29, 0.717) is 24.7 Å². The summed E-state index contributed by atoms with van der Waals surface area (Å²) in [6.07, 6.45) is 7.46. The minimum absolute atomic E-state index is 0.0797. The number of carbonyl (C=O) groups is 2. The summed E-state index contributed by atoms with van der Waals surface area (Å²) < 4.78 is 11.5. The third kappa shape index (κ3) is 5.55. The molecule has 1 aliphatic carbocycles. The molecule has 2 amide bonds. The zero-order valence-corrected chi connectivity index (χ0v) is 21.8. The summed E-state index contributed by atoms with van der Waals surface area (Å²) in [6, 6.07) is 18.0. The van der Waals surface area contributed by atoms with Crippen LogP contribution in [0.2, 0.25) is 0 Å². The average molecular weight is 523 g/mol. The van der Waals surface area contributed by atoms with Crippen molar-refractivity contribution in [3.8, 4) is 5.75 Å². The summed E-state index contributed by atoms with van der Waals surface area (Å²) in [7, 11) is 0. The third-order valence-corrected chi connectivity index (χ3v) is 7.30. The van der Waals surface area contributed by atoms with E-state index in [0.717, 1.165) is 36.0 Å². The Morgan fingerprint density at radius 2 is 1.87 bits per heavy atom. The van der Waals surface area contributed by atoms with Crippen molar-refractivity contribution >= 4 is 11.8 Å². The molecule has 1 aliphatic heterocycles. The van der Waals surface area contributed by atoms with Gasteiger partial charge in [0.2, 0.25) is 11.8 Å². The number of pyridine rings is 1. The van der Waals surface area contributed by atoms with Crippen molar-refractivity contribution in [1.82, 2.24) is 20.2 Å². The minimum atomic E-state index is -0.322. The lowest BCUT2D eigenvalue weighted by molar-refractivity contribution is -0.134. The zero-order valence-electron chi connectivity index (χ0n) is 21.8. The van der Waals surface area contributed by atoms with E-state index < -0.39 is 0 Å². The molecule has 0 unspecified atom stereocenters. The standard InChI is InChI=1S/C31H30N4O4/c1-20-2-4-23(5-3-20)29-26-16-25(9-8-22(26)12-15-35(29)31(37)24-6-7-24)38-19-28-34-27(18-39-28)30(36)33-17-21-10-13-32-14-11-21/h2-5,8-11,13-14,16,18,24,29H,6-7,12,15,17,19H2,1H3,(H,33,36)/t29-/m0/s1. The maximum Gasteiger partial charge on any atom is 0.273 e. The summed E-state index contributed by atoms with van der Waals surface area (Å²) in [6.45, 7) is 3.23. The third-order valence-electron chi connectivity index (χ3n) is 7.30. The number of ether oxygens (including phenoxy) is 1. The van der Waals surface area contributed by atoms with Crippen LogP contribution in [0.4, 0.5) is 0 Å². The van der Waals surface area contributed by atoms with Crippen molar-refractivity contribution in [3.63, 3.8) is 0 Å². The van der Waals surface area contributed by atoms with Gasteiger partial charge in [-0.15, -0.1) is 0 Å². The summed E-state index contributed by atoms with van der Waals surface area (Å²) in [5.74, 6) is 1.04. The molecule has 1 atom stereocenters. The second-order valence-corrected chi connectivity index (χ2v) is 10.2. The van der Waals surface area contributed by atoms with Gasteiger partial charge < -0.3 is 19.4 Å². The van der Waals surface area contributed by atoms with Gasteiger partial charge in [0.25, 0.3) is 5.91 Å². The maximum absolute atomic E-state index is 13.2. The number of hydrogen-bond donors (Lipinski definition) is 1. The van der Waals surface area contributed by atoms with E-state index in [-0.39, 0.29) is 36.1 Å². The largest absolute Gasteiger partial charge is 0.484 e. The molecule has 1 saturated carbocycles. The molecule has 2 aliphatic rings. The quantitative estimate of drug-likeness (QED) is 0.358. The maximum atomic E-state index is 13.2. The van der Waals surface area contributed by atoms with Gasteiger partial charge in [-0.3, -0.25) is 14.6 Å². The Hall–Kier alpha value is -4.46. The number of nitrogens with zero attached hydrogens (tertiary/aromatic N) is 3. The molecule has 4 aromatic rings. The van der Waals surface area contributed by atoms with Crippen molar-refractivity contribution < 1.29 is 18.7 Å². The van der Waals surface area contributed by atoms with E-state index in [1.54, 1.807) is 12.4 Å². The van der Waals surface area contributed by atoms with E-state index in [2.05, 4.69) is 52.5 Å². The highest BCUT2D eigenvalue weighted by Crippen LogP contribution is 2.41. The van der Waals surface area contributed by atoms with Gasteiger partial charge in [-0.2, -0.15) is 0 Å². The van der Waals surface area contributed by atoms with Crippen molar-refractivity contribution in [2.24, 2.45) is 5.92 Å². The van der Waals surface area contributed by atoms with Gasteiger partial charge in [-0.1, -0.05) is 35.9 Å². The Labute approximate surface area is 227 Å². The van der Waals surface area contributed by atoms with E-state index in [9.17, 15) is 9.59 Å². The van der Waals surface area contributed by atoms with E-state index in [1.165, 1.54) is 17.4 Å². The molecule has 0 bridgehead atoms. The van der Waals surface area contributed by atoms with Crippen LogP contribution in [0.25, 0.3) is 0 Å². The number of amides is 2. The van der Waals surface area contributed by atoms with Crippen LogP contribution >= 0.6 is 0 Å². The summed E-state index contributed by atoms with van der Waals surface area (Å²) in [5.41, 5.74) is 5.73. The van der Waals surface area contributed by atoms with Crippen molar-refractivity contribution in [3.05, 3.63) is 113 Å². The molecule has 8 nitrogen and oxygen atoms in total. The lowest BCUT2D eigenvalue weighted by Gasteiger charge is -2.38. The number of fused-ring (bicyclic) bond motifs is 1. The number of aromatic nitrogens is 2. The van der Waals surface area contributed by atoms with E-state index >= 15 is 0 Å². The predicted molar refractivity (Wildman–Crippen MR) is 144 cm³/mol. The fraction of sp³-hybridized carbons (Fsp3) is 0.290. The molecule has 198 valence electrons. The first-order chi connectivity index (χ1) is 19.0. The number of nitrogens with one attached hydrogen (secondary N) is 1. The first kappa shape index (κ1) is 24.9. The monoisotopic (exact) mass is 522 g/mol. The fourth-order valence-electron chi connectivity index (χ4n) is 4.99. The van der Waals surface area contributed by atoms with Gasteiger partial charge in [0.05, 0.1) is 6.04 Å².